The molecular formula is C16H15N3O4. The van der Waals surface area contributed by atoms with E-state index >= 15 is 0 Å². The Balaban J connectivity index is 1.99. The number of nitrogens with zero attached hydrogens (tertiary/aromatic N) is 3. The number of nitro groups is 2. The third-order valence-corrected chi connectivity index (χ3v) is 3.90. The summed E-state index contributed by atoms with van der Waals surface area (Å²) < 4.78 is 0. The molecule has 0 radical (unpaired) electrons. The molecule has 118 valence electrons. The minimum Gasteiger partial charge on any atom is -0.358 e. The van der Waals surface area contributed by atoms with Crippen LogP contribution in [0.3, 0.4) is 0 Å². The molecule has 0 unspecified atom stereocenters. The van der Waals surface area contributed by atoms with E-state index in [2.05, 4.69) is 0 Å². The van der Waals surface area contributed by atoms with E-state index in [-0.39, 0.29) is 24.0 Å². The van der Waals surface area contributed by atoms with Gasteiger partial charge < -0.3 is 4.90 Å². The second kappa shape index (κ2) is 6.04. The molecular weight excluding hydrogens is 298 g/mol. The molecule has 1 saturated carbocycles. The maximum atomic E-state index is 11.3. The van der Waals surface area contributed by atoms with E-state index in [9.17, 15) is 20.2 Å². The van der Waals surface area contributed by atoms with Gasteiger partial charge in [0.2, 0.25) is 0 Å². The van der Waals surface area contributed by atoms with Gasteiger partial charge in [-0.1, -0.05) is 30.3 Å². The van der Waals surface area contributed by atoms with Gasteiger partial charge in [-0.15, -0.1) is 0 Å². The van der Waals surface area contributed by atoms with Crippen LogP contribution in [0.1, 0.15) is 18.4 Å². The van der Waals surface area contributed by atoms with E-state index in [4.69, 9.17) is 0 Å². The van der Waals surface area contributed by atoms with Gasteiger partial charge >= 0.3 is 0 Å². The lowest BCUT2D eigenvalue weighted by atomic mass is 10.1. The molecule has 2 aromatic carbocycles. The van der Waals surface area contributed by atoms with Gasteiger partial charge in [-0.05, 0) is 18.9 Å². The van der Waals surface area contributed by atoms with Crippen LogP contribution in [0.15, 0.2) is 48.5 Å². The Morgan fingerprint density at radius 2 is 1.48 bits per heavy atom. The lowest BCUT2D eigenvalue weighted by Crippen LogP contribution is -2.26. The van der Waals surface area contributed by atoms with E-state index in [1.54, 1.807) is 36.4 Å². The highest BCUT2D eigenvalue weighted by Gasteiger charge is 2.33. The molecule has 0 heterocycles. The van der Waals surface area contributed by atoms with Crippen molar-refractivity contribution in [3.8, 4) is 0 Å². The lowest BCUT2D eigenvalue weighted by molar-refractivity contribution is -0.385. The predicted molar refractivity (Wildman–Crippen MR) is 85.4 cm³/mol. The third-order valence-electron chi connectivity index (χ3n) is 3.90. The third kappa shape index (κ3) is 3.13. The van der Waals surface area contributed by atoms with Gasteiger partial charge in [-0.2, -0.15) is 0 Å². The Morgan fingerprint density at radius 1 is 0.913 bits per heavy atom. The van der Waals surface area contributed by atoms with Crippen LogP contribution in [0.5, 0.6) is 0 Å². The van der Waals surface area contributed by atoms with Crippen LogP contribution in [0.2, 0.25) is 0 Å². The molecule has 1 fully saturated rings. The first-order valence-corrected chi connectivity index (χ1v) is 7.30. The number of anilines is 1. The van der Waals surface area contributed by atoms with Crippen molar-refractivity contribution in [3.63, 3.8) is 0 Å². The standard InChI is InChI=1S/C16H15N3O4/c20-18(21)14-6-2-1-5-12(14)11-17(13-9-10-13)15-7-3-4-8-16(15)19(22)23/h1-8,13H,9-11H2. The van der Waals surface area contributed by atoms with Gasteiger partial charge in [-0.3, -0.25) is 20.2 Å². The molecule has 3 rings (SSSR count). The molecule has 0 amide bonds. The van der Waals surface area contributed by atoms with Crippen molar-refractivity contribution >= 4 is 17.1 Å². The molecule has 0 aliphatic heterocycles. The van der Waals surface area contributed by atoms with Crippen LogP contribution in [-0.2, 0) is 6.54 Å². The zero-order valence-electron chi connectivity index (χ0n) is 12.3. The highest BCUT2D eigenvalue weighted by Crippen LogP contribution is 2.38. The molecule has 0 spiro atoms. The van der Waals surface area contributed by atoms with E-state index < -0.39 is 9.85 Å². The number of rotatable bonds is 6. The van der Waals surface area contributed by atoms with Crippen molar-refractivity contribution in [2.45, 2.75) is 25.4 Å². The number of nitro benzene ring substituents is 2. The minimum absolute atomic E-state index is 0.0259. The van der Waals surface area contributed by atoms with Crippen molar-refractivity contribution in [2.24, 2.45) is 0 Å². The second-order valence-electron chi connectivity index (χ2n) is 5.49. The number of para-hydroxylation sites is 3. The smallest absolute Gasteiger partial charge is 0.292 e. The summed E-state index contributed by atoms with van der Waals surface area (Å²) >= 11 is 0. The number of hydrogen-bond donors (Lipinski definition) is 0. The minimum atomic E-state index is -0.417. The molecule has 0 atom stereocenters. The van der Waals surface area contributed by atoms with Crippen molar-refractivity contribution in [3.05, 3.63) is 74.3 Å². The van der Waals surface area contributed by atoms with Crippen molar-refractivity contribution in [1.29, 1.82) is 0 Å². The largest absolute Gasteiger partial charge is 0.358 e. The van der Waals surface area contributed by atoms with Crippen LogP contribution in [0.4, 0.5) is 17.1 Å². The first-order valence-electron chi connectivity index (χ1n) is 7.30. The van der Waals surface area contributed by atoms with Gasteiger partial charge in [0.1, 0.15) is 5.69 Å². The summed E-state index contributed by atoms with van der Waals surface area (Å²) in [5.74, 6) is 0. The van der Waals surface area contributed by atoms with Gasteiger partial charge in [0, 0.05) is 23.7 Å². The quantitative estimate of drug-likeness (QED) is 0.599. The molecule has 0 N–H and O–H groups in total. The highest BCUT2D eigenvalue weighted by molar-refractivity contribution is 5.64. The van der Waals surface area contributed by atoms with Gasteiger partial charge in [0.15, 0.2) is 0 Å². The van der Waals surface area contributed by atoms with Gasteiger partial charge in [0.25, 0.3) is 11.4 Å². The van der Waals surface area contributed by atoms with Crippen LogP contribution in [-0.4, -0.2) is 15.9 Å². The molecule has 0 saturated heterocycles. The molecule has 0 aromatic heterocycles. The van der Waals surface area contributed by atoms with E-state index in [1.807, 2.05) is 4.90 Å². The van der Waals surface area contributed by atoms with Crippen LogP contribution in [0, 0.1) is 20.2 Å². The van der Waals surface area contributed by atoms with Crippen molar-refractivity contribution in [1.82, 2.24) is 0 Å². The number of hydrogen-bond acceptors (Lipinski definition) is 5. The average Bonchev–Trinajstić information content (AvgIpc) is 3.37. The topological polar surface area (TPSA) is 89.5 Å². The van der Waals surface area contributed by atoms with Crippen LogP contribution >= 0.6 is 0 Å². The Morgan fingerprint density at radius 3 is 2.09 bits per heavy atom. The molecule has 23 heavy (non-hydrogen) atoms. The monoisotopic (exact) mass is 313 g/mol. The summed E-state index contributed by atoms with van der Waals surface area (Å²) in [6.07, 6.45) is 1.87. The molecule has 1 aliphatic carbocycles. The van der Waals surface area contributed by atoms with Crippen LogP contribution in [0.25, 0.3) is 0 Å². The summed E-state index contributed by atoms with van der Waals surface area (Å²) in [5, 5.41) is 22.4. The summed E-state index contributed by atoms with van der Waals surface area (Å²) in [7, 11) is 0. The Kier molecular flexibility index (Phi) is 3.92. The molecule has 7 nitrogen and oxygen atoms in total. The molecule has 1 aliphatic rings. The molecule has 0 bridgehead atoms. The Bertz CT molecular complexity index is 758. The fraction of sp³-hybridized carbons (Fsp3) is 0.250. The first-order chi connectivity index (χ1) is 11.1. The average molecular weight is 313 g/mol. The molecule has 7 heteroatoms. The summed E-state index contributed by atoms with van der Waals surface area (Å²) in [6.45, 7) is 0.284. The van der Waals surface area contributed by atoms with Gasteiger partial charge in [-0.25, -0.2) is 0 Å². The van der Waals surface area contributed by atoms with Crippen molar-refractivity contribution in [2.75, 3.05) is 4.90 Å². The summed E-state index contributed by atoms with van der Waals surface area (Å²) in [5.41, 5.74) is 1.13. The summed E-state index contributed by atoms with van der Waals surface area (Å²) in [6, 6.07) is 13.2. The zero-order valence-corrected chi connectivity index (χ0v) is 12.3. The fourth-order valence-electron chi connectivity index (χ4n) is 2.66. The molecule has 2 aromatic rings. The van der Waals surface area contributed by atoms with E-state index in [1.165, 1.54) is 12.1 Å². The summed E-state index contributed by atoms with van der Waals surface area (Å²) in [4.78, 5) is 23.5. The first kappa shape index (κ1) is 15.0. The fourth-order valence-corrected chi connectivity index (χ4v) is 2.66. The van der Waals surface area contributed by atoms with E-state index in [0.717, 1.165) is 12.8 Å². The van der Waals surface area contributed by atoms with Gasteiger partial charge in [0.05, 0.1) is 16.4 Å². The SMILES string of the molecule is O=[N+]([O-])c1ccccc1CN(c1ccccc1[N+](=O)[O-])C1CC1. The number of benzene rings is 2. The second-order valence-corrected chi connectivity index (χ2v) is 5.49. The maximum Gasteiger partial charge on any atom is 0.292 e. The van der Waals surface area contributed by atoms with E-state index in [0.29, 0.717) is 11.3 Å². The normalized spacial score (nSPS) is 13.6. The lowest BCUT2D eigenvalue weighted by Gasteiger charge is -2.24. The predicted octanol–water partition coefficient (Wildman–Crippen LogP) is 3.67. The Hall–Kier alpha value is -2.96. The Labute approximate surface area is 132 Å². The maximum absolute atomic E-state index is 11.3. The van der Waals surface area contributed by atoms with Crippen LogP contribution < -0.4 is 4.90 Å². The zero-order chi connectivity index (χ0) is 16.4. The van der Waals surface area contributed by atoms with Crippen molar-refractivity contribution < 1.29 is 9.85 Å². The highest BCUT2D eigenvalue weighted by atomic mass is 16.6.